The molecule has 0 unspecified atom stereocenters. The van der Waals surface area contributed by atoms with E-state index >= 15 is 0 Å². The highest BCUT2D eigenvalue weighted by molar-refractivity contribution is 5.95. The van der Waals surface area contributed by atoms with Crippen molar-refractivity contribution >= 4 is 16.8 Å². The van der Waals surface area contributed by atoms with Crippen LogP contribution in [0.15, 0.2) is 78.9 Å². The van der Waals surface area contributed by atoms with E-state index in [4.69, 9.17) is 15.5 Å². The highest BCUT2D eigenvalue weighted by atomic mass is 16.5. The molecule has 1 heterocycles. The van der Waals surface area contributed by atoms with Crippen molar-refractivity contribution in [1.29, 1.82) is 0 Å². The van der Waals surface area contributed by atoms with E-state index in [0.717, 1.165) is 22.2 Å². The van der Waals surface area contributed by atoms with Crippen molar-refractivity contribution in [2.45, 2.75) is 6.61 Å². The third-order valence-corrected chi connectivity index (χ3v) is 4.21. The Balaban J connectivity index is 1.72. The van der Waals surface area contributed by atoms with Gasteiger partial charge in [-0.2, -0.15) is 0 Å². The fourth-order valence-electron chi connectivity index (χ4n) is 2.94. The van der Waals surface area contributed by atoms with Crippen LogP contribution in [0.1, 0.15) is 16.2 Å². The van der Waals surface area contributed by atoms with Crippen LogP contribution in [0.4, 0.5) is 0 Å². The first-order valence-corrected chi connectivity index (χ1v) is 8.55. The summed E-state index contributed by atoms with van der Waals surface area (Å²) in [5, 5.41) is 0.977. The van der Waals surface area contributed by atoms with Crippen LogP contribution in [0.5, 0.6) is 5.75 Å². The number of carbonyl (C=O) groups is 1. The summed E-state index contributed by atoms with van der Waals surface area (Å²) in [6.07, 6.45) is 0. The van der Waals surface area contributed by atoms with Crippen molar-refractivity contribution in [2.24, 2.45) is 5.73 Å². The molecule has 0 atom stereocenters. The number of carbonyl (C=O) groups excluding carboxylic acids is 1. The molecule has 27 heavy (non-hydrogen) atoms. The number of hydrogen-bond donors (Lipinski definition) is 1. The molecule has 2 N–H and O–H groups in total. The number of fused-ring (bicyclic) bond motifs is 1. The van der Waals surface area contributed by atoms with E-state index in [0.29, 0.717) is 17.1 Å². The van der Waals surface area contributed by atoms with Gasteiger partial charge in [0.2, 0.25) is 0 Å². The summed E-state index contributed by atoms with van der Waals surface area (Å²) in [6, 6.07) is 24.7. The monoisotopic (exact) mass is 355 g/mol. The molecule has 0 saturated carbocycles. The van der Waals surface area contributed by atoms with E-state index in [1.165, 1.54) is 0 Å². The lowest BCUT2D eigenvalue weighted by atomic mass is 10.1. The van der Waals surface area contributed by atoms with Gasteiger partial charge in [0, 0.05) is 10.9 Å². The summed E-state index contributed by atoms with van der Waals surface area (Å²) in [5.41, 5.74) is 8.44. The first kappa shape index (κ1) is 16.7. The molecule has 4 aromatic rings. The maximum absolute atomic E-state index is 11.6. The van der Waals surface area contributed by atoms with Crippen molar-refractivity contribution in [3.63, 3.8) is 0 Å². The topological polar surface area (TPSA) is 78.1 Å². The quantitative estimate of drug-likeness (QED) is 0.587. The van der Waals surface area contributed by atoms with Gasteiger partial charge in [-0.25, -0.2) is 9.97 Å². The number of nitrogens with two attached hydrogens (primary N) is 1. The molecule has 5 heteroatoms. The van der Waals surface area contributed by atoms with E-state index in [1.807, 2.05) is 54.6 Å². The zero-order valence-corrected chi connectivity index (χ0v) is 14.5. The summed E-state index contributed by atoms with van der Waals surface area (Å²) in [6.45, 7) is 0.134. The lowest BCUT2D eigenvalue weighted by molar-refractivity contribution is 0.0995. The Bertz CT molecular complexity index is 1110. The Morgan fingerprint density at radius 1 is 0.852 bits per heavy atom. The zero-order valence-electron chi connectivity index (χ0n) is 14.5. The first-order chi connectivity index (χ1) is 13.2. The molecule has 3 aromatic carbocycles. The molecule has 0 saturated heterocycles. The summed E-state index contributed by atoms with van der Waals surface area (Å²) in [7, 11) is 0. The van der Waals surface area contributed by atoms with Crippen LogP contribution in [0, 0.1) is 0 Å². The third kappa shape index (κ3) is 3.48. The molecule has 0 bridgehead atoms. The third-order valence-electron chi connectivity index (χ3n) is 4.21. The summed E-state index contributed by atoms with van der Waals surface area (Å²) < 4.78 is 5.80. The number of benzene rings is 3. The summed E-state index contributed by atoms with van der Waals surface area (Å²) >= 11 is 0. The Morgan fingerprint density at radius 3 is 2.37 bits per heavy atom. The number of ether oxygens (including phenoxy) is 1. The van der Waals surface area contributed by atoms with Crippen molar-refractivity contribution < 1.29 is 9.53 Å². The van der Waals surface area contributed by atoms with E-state index < -0.39 is 5.91 Å². The Morgan fingerprint density at radius 2 is 1.56 bits per heavy atom. The van der Waals surface area contributed by atoms with Gasteiger partial charge in [-0.05, 0) is 18.2 Å². The molecule has 4 rings (SSSR count). The average Bonchev–Trinajstić information content (AvgIpc) is 2.72. The van der Waals surface area contributed by atoms with Gasteiger partial charge in [-0.1, -0.05) is 60.7 Å². The summed E-state index contributed by atoms with van der Waals surface area (Å²) in [5.74, 6) is 0.421. The van der Waals surface area contributed by atoms with Gasteiger partial charge in [-0.3, -0.25) is 4.79 Å². The van der Waals surface area contributed by atoms with Crippen molar-refractivity contribution in [2.75, 3.05) is 0 Å². The normalized spacial score (nSPS) is 10.7. The van der Waals surface area contributed by atoms with E-state index in [1.54, 1.807) is 24.3 Å². The predicted octanol–water partition coefficient (Wildman–Crippen LogP) is 3.97. The molecule has 0 aliphatic rings. The molecule has 1 aromatic heterocycles. The predicted molar refractivity (Wildman–Crippen MR) is 104 cm³/mol. The number of primary amides is 1. The number of nitrogens with zero attached hydrogens (tertiary/aromatic N) is 2. The van der Waals surface area contributed by atoms with Gasteiger partial charge in [0.05, 0.1) is 16.8 Å². The lowest BCUT2D eigenvalue weighted by Crippen LogP contribution is -2.13. The second kappa shape index (κ2) is 7.25. The molecular formula is C22H17N3O2. The molecule has 0 radical (unpaired) electrons. The molecule has 1 amide bonds. The minimum Gasteiger partial charge on any atom is -0.485 e. The van der Waals surface area contributed by atoms with Gasteiger partial charge in [0.1, 0.15) is 12.4 Å². The number of rotatable bonds is 5. The van der Waals surface area contributed by atoms with E-state index in [-0.39, 0.29) is 6.61 Å². The average molecular weight is 355 g/mol. The molecule has 0 spiro atoms. The maximum atomic E-state index is 11.6. The number of amides is 1. The molecule has 5 nitrogen and oxygen atoms in total. The van der Waals surface area contributed by atoms with Crippen molar-refractivity contribution in [3.8, 4) is 17.0 Å². The highest BCUT2D eigenvalue weighted by Gasteiger charge is 2.12. The van der Waals surface area contributed by atoms with Gasteiger partial charge in [-0.15, -0.1) is 0 Å². The van der Waals surface area contributed by atoms with E-state index in [9.17, 15) is 4.79 Å². The highest BCUT2D eigenvalue weighted by Crippen LogP contribution is 2.26. The fraction of sp³-hybridized carbons (Fsp3) is 0.0455. The fourth-order valence-corrected chi connectivity index (χ4v) is 2.94. The number of para-hydroxylation sites is 2. The minimum absolute atomic E-state index is 0.134. The lowest BCUT2D eigenvalue weighted by Gasteiger charge is -2.11. The van der Waals surface area contributed by atoms with Crippen molar-refractivity contribution in [1.82, 2.24) is 9.97 Å². The number of hydrogen-bond acceptors (Lipinski definition) is 4. The smallest absolute Gasteiger partial charge is 0.252 e. The standard InChI is InChI=1S/C22H17N3O2/c23-22(26)17-11-5-7-13-19(17)27-14-20-24-18-12-6-4-10-16(18)21(25-20)15-8-2-1-3-9-15/h1-13H,14H2,(H2,23,26). The van der Waals surface area contributed by atoms with Gasteiger partial charge < -0.3 is 10.5 Å². The van der Waals surface area contributed by atoms with Crippen LogP contribution in [0.3, 0.4) is 0 Å². The van der Waals surface area contributed by atoms with Crippen LogP contribution in [-0.4, -0.2) is 15.9 Å². The van der Waals surface area contributed by atoms with Crippen LogP contribution in [0.25, 0.3) is 22.2 Å². The van der Waals surface area contributed by atoms with Crippen LogP contribution < -0.4 is 10.5 Å². The van der Waals surface area contributed by atoms with Crippen LogP contribution in [0.2, 0.25) is 0 Å². The maximum Gasteiger partial charge on any atom is 0.252 e. The first-order valence-electron chi connectivity index (χ1n) is 8.55. The van der Waals surface area contributed by atoms with Gasteiger partial charge in [0.15, 0.2) is 5.82 Å². The molecule has 0 fully saturated rings. The molecule has 132 valence electrons. The zero-order chi connectivity index (χ0) is 18.6. The Labute approximate surface area is 156 Å². The van der Waals surface area contributed by atoms with Gasteiger partial charge in [0.25, 0.3) is 5.91 Å². The number of aromatic nitrogens is 2. The summed E-state index contributed by atoms with van der Waals surface area (Å²) in [4.78, 5) is 20.9. The minimum atomic E-state index is -0.532. The SMILES string of the molecule is NC(=O)c1ccccc1OCc1nc(-c2ccccc2)c2ccccc2n1. The Hall–Kier alpha value is -3.73. The van der Waals surface area contributed by atoms with Gasteiger partial charge >= 0.3 is 0 Å². The Kier molecular flexibility index (Phi) is 4.49. The van der Waals surface area contributed by atoms with E-state index in [2.05, 4.69) is 4.98 Å². The van der Waals surface area contributed by atoms with Crippen molar-refractivity contribution in [3.05, 3.63) is 90.3 Å². The molecule has 0 aliphatic heterocycles. The molecular weight excluding hydrogens is 338 g/mol. The van der Waals surface area contributed by atoms with Crippen LogP contribution in [-0.2, 0) is 6.61 Å². The largest absolute Gasteiger partial charge is 0.485 e. The second-order valence-corrected chi connectivity index (χ2v) is 6.02. The second-order valence-electron chi connectivity index (χ2n) is 6.02. The van der Waals surface area contributed by atoms with Crippen LogP contribution >= 0.6 is 0 Å². The molecule has 0 aliphatic carbocycles.